The lowest BCUT2D eigenvalue weighted by Crippen LogP contribution is -2.09. The lowest BCUT2D eigenvalue weighted by Gasteiger charge is -2.13. The number of benzene rings is 3. The number of hydrogen-bond acceptors (Lipinski definition) is 6. The minimum absolute atomic E-state index is 0.277. The fourth-order valence-electron chi connectivity index (χ4n) is 3.27. The van der Waals surface area contributed by atoms with Gasteiger partial charge in [-0.2, -0.15) is 0 Å². The van der Waals surface area contributed by atoms with Crippen molar-refractivity contribution in [1.82, 2.24) is 0 Å². The number of rotatable bonds is 9. The number of anilines is 2. The fraction of sp³-hybridized carbons (Fsp3) is 0.148. The predicted molar refractivity (Wildman–Crippen MR) is 137 cm³/mol. The van der Waals surface area contributed by atoms with Crippen molar-refractivity contribution in [2.24, 2.45) is 0 Å². The molecule has 0 aromatic heterocycles. The Labute approximate surface area is 199 Å². The number of nitrogens with one attached hydrogen (secondary N) is 1. The topological polar surface area (TPSA) is 92.0 Å². The van der Waals surface area contributed by atoms with Crippen LogP contribution in [0.25, 0.3) is 18.2 Å². The van der Waals surface area contributed by atoms with E-state index in [0.29, 0.717) is 34.4 Å². The van der Waals surface area contributed by atoms with E-state index < -0.39 is 0 Å². The van der Waals surface area contributed by atoms with Crippen LogP contribution in [0.2, 0.25) is 0 Å². The van der Waals surface area contributed by atoms with Crippen LogP contribution in [0, 0.1) is 0 Å². The molecule has 3 aromatic carbocycles. The number of ether oxygens (including phenoxy) is 4. The molecule has 0 fully saturated rings. The Bertz CT molecular complexity index is 1180. The molecule has 7 nitrogen and oxygen atoms in total. The number of methoxy groups -OCH3 is 4. The van der Waals surface area contributed by atoms with Crippen LogP contribution < -0.4 is 30.0 Å². The van der Waals surface area contributed by atoms with Crippen LogP contribution in [0.3, 0.4) is 0 Å². The zero-order valence-corrected chi connectivity index (χ0v) is 19.6. The number of hydrogen-bond donors (Lipinski definition) is 2. The third-order valence-electron chi connectivity index (χ3n) is 5.00. The van der Waals surface area contributed by atoms with Crippen LogP contribution in [0.4, 0.5) is 11.4 Å². The summed E-state index contributed by atoms with van der Waals surface area (Å²) in [5.41, 5.74) is 9.52. The molecule has 0 spiro atoms. The normalized spacial score (nSPS) is 10.9. The van der Waals surface area contributed by atoms with Crippen LogP contribution in [-0.4, -0.2) is 34.3 Å². The average Bonchev–Trinajstić information content (AvgIpc) is 2.86. The van der Waals surface area contributed by atoms with Crippen LogP contribution in [-0.2, 0) is 4.79 Å². The summed E-state index contributed by atoms with van der Waals surface area (Å²) in [5.74, 6) is 1.94. The second-order valence-corrected chi connectivity index (χ2v) is 7.24. The Hall–Kier alpha value is -4.39. The molecule has 0 atom stereocenters. The fourth-order valence-corrected chi connectivity index (χ4v) is 3.27. The van der Waals surface area contributed by atoms with Gasteiger partial charge in [-0.1, -0.05) is 30.4 Å². The summed E-state index contributed by atoms with van der Waals surface area (Å²) in [7, 11) is 6.27. The van der Waals surface area contributed by atoms with Crippen molar-refractivity contribution in [3.8, 4) is 23.0 Å². The van der Waals surface area contributed by atoms with E-state index in [2.05, 4.69) is 5.32 Å². The van der Waals surface area contributed by atoms with Gasteiger partial charge in [0.15, 0.2) is 11.5 Å². The molecular formula is C27H28N2O5. The lowest BCUT2D eigenvalue weighted by molar-refractivity contribution is -0.111. The molecule has 3 rings (SSSR count). The first-order chi connectivity index (χ1) is 16.5. The molecule has 3 aromatic rings. The molecule has 176 valence electrons. The Balaban J connectivity index is 1.80. The maximum atomic E-state index is 12.5. The molecule has 0 heterocycles. The first-order valence-corrected chi connectivity index (χ1v) is 10.5. The highest BCUT2D eigenvalue weighted by atomic mass is 16.5. The molecule has 34 heavy (non-hydrogen) atoms. The van der Waals surface area contributed by atoms with Gasteiger partial charge in [0.2, 0.25) is 11.7 Å². The van der Waals surface area contributed by atoms with Crippen molar-refractivity contribution in [3.63, 3.8) is 0 Å². The smallest absolute Gasteiger partial charge is 0.248 e. The van der Waals surface area contributed by atoms with Gasteiger partial charge in [0.05, 0.1) is 34.1 Å². The summed E-state index contributed by atoms with van der Waals surface area (Å²) in [6.45, 7) is 0. The van der Waals surface area contributed by atoms with E-state index in [1.807, 2.05) is 48.6 Å². The maximum absolute atomic E-state index is 12.5. The highest BCUT2D eigenvalue weighted by Gasteiger charge is 2.12. The van der Waals surface area contributed by atoms with E-state index in [1.165, 1.54) is 6.08 Å². The Morgan fingerprint density at radius 1 is 0.706 bits per heavy atom. The van der Waals surface area contributed by atoms with E-state index >= 15 is 0 Å². The summed E-state index contributed by atoms with van der Waals surface area (Å²) < 4.78 is 21.6. The number of nitrogen functional groups attached to an aromatic ring is 1. The first-order valence-electron chi connectivity index (χ1n) is 10.5. The SMILES string of the molecule is COc1ccc(/C=C/c2cc(OC)c(OC)c(OC)c2)cc1NC(=O)/C=C/c1ccc(N)cc1. The molecule has 0 saturated carbocycles. The van der Waals surface area contributed by atoms with Gasteiger partial charge in [-0.25, -0.2) is 0 Å². The maximum Gasteiger partial charge on any atom is 0.248 e. The molecule has 0 aliphatic heterocycles. The first kappa shape index (κ1) is 24.3. The summed E-state index contributed by atoms with van der Waals surface area (Å²) in [5, 5.41) is 2.87. The third kappa shape index (κ3) is 6.10. The third-order valence-corrected chi connectivity index (χ3v) is 5.00. The molecule has 0 radical (unpaired) electrons. The number of carbonyl (C=O) groups excluding carboxylic acids is 1. The van der Waals surface area contributed by atoms with Gasteiger partial charge in [-0.3, -0.25) is 4.79 Å². The van der Waals surface area contributed by atoms with E-state index in [0.717, 1.165) is 16.7 Å². The van der Waals surface area contributed by atoms with E-state index in [4.69, 9.17) is 24.7 Å². The van der Waals surface area contributed by atoms with Gasteiger partial charge in [-0.15, -0.1) is 0 Å². The van der Waals surface area contributed by atoms with Gasteiger partial charge >= 0.3 is 0 Å². The average molecular weight is 461 g/mol. The van der Waals surface area contributed by atoms with Crippen molar-refractivity contribution in [2.75, 3.05) is 39.5 Å². The van der Waals surface area contributed by atoms with E-state index in [1.54, 1.807) is 52.7 Å². The molecule has 7 heteroatoms. The van der Waals surface area contributed by atoms with Crippen LogP contribution in [0.1, 0.15) is 16.7 Å². The van der Waals surface area contributed by atoms with Crippen LogP contribution in [0.15, 0.2) is 60.7 Å². The molecule has 0 bridgehead atoms. The van der Waals surface area contributed by atoms with Gasteiger partial charge in [0.25, 0.3) is 0 Å². The lowest BCUT2D eigenvalue weighted by atomic mass is 10.1. The van der Waals surface area contributed by atoms with Gasteiger partial charge in [-0.05, 0) is 59.2 Å². The molecule has 3 N–H and O–H groups in total. The summed E-state index contributed by atoms with van der Waals surface area (Å²) >= 11 is 0. The zero-order chi connectivity index (χ0) is 24.5. The Kier molecular flexibility index (Phi) is 8.18. The second-order valence-electron chi connectivity index (χ2n) is 7.24. The second kappa shape index (κ2) is 11.5. The van der Waals surface area contributed by atoms with Gasteiger partial charge in [0, 0.05) is 11.8 Å². The monoisotopic (exact) mass is 460 g/mol. The molecule has 0 saturated heterocycles. The molecule has 0 aliphatic rings. The van der Waals surface area contributed by atoms with Gasteiger partial charge in [0.1, 0.15) is 5.75 Å². The number of carbonyl (C=O) groups is 1. The molecule has 0 aliphatic carbocycles. The zero-order valence-electron chi connectivity index (χ0n) is 19.6. The van der Waals surface area contributed by atoms with Crippen molar-refractivity contribution in [2.45, 2.75) is 0 Å². The van der Waals surface area contributed by atoms with Crippen molar-refractivity contribution in [1.29, 1.82) is 0 Å². The minimum Gasteiger partial charge on any atom is -0.495 e. The minimum atomic E-state index is -0.277. The Morgan fingerprint density at radius 3 is 1.88 bits per heavy atom. The largest absolute Gasteiger partial charge is 0.495 e. The Morgan fingerprint density at radius 2 is 1.29 bits per heavy atom. The van der Waals surface area contributed by atoms with E-state index in [-0.39, 0.29) is 5.91 Å². The summed E-state index contributed by atoms with van der Waals surface area (Å²) in [4.78, 5) is 12.5. The van der Waals surface area contributed by atoms with Gasteiger partial charge < -0.3 is 30.0 Å². The van der Waals surface area contributed by atoms with Crippen molar-refractivity contribution < 1.29 is 23.7 Å². The summed E-state index contributed by atoms with van der Waals surface area (Å²) in [6, 6.07) is 16.5. The predicted octanol–water partition coefficient (Wildman–Crippen LogP) is 5.13. The number of nitrogens with two attached hydrogens (primary N) is 1. The molecule has 0 unspecified atom stereocenters. The van der Waals surface area contributed by atoms with Crippen LogP contribution >= 0.6 is 0 Å². The van der Waals surface area contributed by atoms with Crippen LogP contribution in [0.5, 0.6) is 23.0 Å². The molecule has 1 amide bonds. The standard InChI is InChI=1S/C27H28N2O5/c1-31-23-13-9-19(5-6-20-16-24(32-2)27(34-4)25(17-20)33-3)15-22(23)29-26(30)14-10-18-7-11-21(28)12-8-18/h5-17H,28H2,1-4H3,(H,29,30)/b6-5+,14-10+. The highest BCUT2D eigenvalue weighted by molar-refractivity contribution is 6.03. The summed E-state index contributed by atoms with van der Waals surface area (Å²) in [6.07, 6.45) is 7.01. The highest BCUT2D eigenvalue weighted by Crippen LogP contribution is 2.38. The number of amides is 1. The quantitative estimate of drug-likeness (QED) is 0.261. The molecular weight excluding hydrogens is 432 g/mol. The van der Waals surface area contributed by atoms with Crippen molar-refractivity contribution >= 4 is 35.5 Å². The van der Waals surface area contributed by atoms with Crippen molar-refractivity contribution in [3.05, 3.63) is 77.4 Å². The van der Waals surface area contributed by atoms with E-state index in [9.17, 15) is 4.79 Å².